The van der Waals surface area contributed by atoms with E-state index in [0.29, 0.717) is 24.4 Å². The van der Waals surface area contributed by atoms with Gasteiger partial charge in [-0.05, 0) is 31.5 Å². The van der Waals surface area contributed by atoms with Crippen LogP contribution in [0.15, 0.2) is 18.2 Å². The average molecular weight is 250 g/mol. The molecule has 0 radical (unpaired) electrons. The van der Waals surface area contributed by atoms with Crippen LogP contribution >= 0.6 is 0 Å². The minimum absolute atomic E-state index is 0.297. The number of nitrogen functional groups attached to an aromatic ring is 1. The van der Waals surface area contributed by atoms with Crippen LogP contribution in [0, 0.1) is 0 Å². The molecule has 5 nitrogen and oxygen atoms in total. The summed E-state index contributed by atoms with van der Waals surface area (Å²) in [4.78, 5) is 13.6. The molecule has 1 aliphatic heterocycles. The Labute approximate surface area is 106 Å². The minimum Gasteiger partial charge on any atom is -0.462 e. The van der Waals surface area contributed by atoms with Crippen molar-refractivity contribution in [2.45, 2.75) is 19.4 Å². The topological polar surface area (TPSA) is 75.8 Å². The number of nitrogens with two attached hydrogens (primary N) is 1. The Morgan fingerprint density at radius 3 is 2.94 bits per heavy atom. The molecule has 1 fully saturated rings. The zero-order valence-electron chi connectivity index (χ0n) is 10.4. The molecule has 1 atom stereocenters. The van der Waals surface area contributed by atoms with Gasteiger partial charge in [-0.3, -0.25) is 0 Å². The Morgan fingerprint density at radius 1 is 1.61 bits per heavy atom. The maximum atomic E-state index is 11.6. The third-order valence-corrected chi connectivity index (χ3v) is 3.04. The zero-order valence-corrected chi connectivity index (χ0v) is 10.4. The van der Waals surface area contributed by atoms with Crippen LogP contribution in [0.1, 0.15) is 23.7 Å². The lowest BCUT2D eigenvalue weighted by Crippen LogP contribution is -2.22. The Balaban J connectivity index is 2.17. The number of β-amino-alcohol motifs (C(OH)–C–C–N with tert-alkyl or cyclic N) is 1. The first kappa shape index (κ1) is 12.7. The molecule has 1 aromatic carbocycles. The number of aliphatic hydroxyl groups is 1. The Bertz CT molecular complexity index is 448. The molecule has 1 saturated heterocycles. The van der Waals surface area contributed by atoms with E-state index in [4.69, 9.17) is 10.5 Å². The van der Waals surface area contributed by atoms with Crippen LogP contribution in [-0.4, -0.2) is 36.9 Å². The molecule has 0 bridgehead atoms. The van der Waals surface area contributed by atoms with E-state index in [1.54, 1.807) is 25.1 Å². The average Bonchev–Trinajstić information content (AvgIpc) is 2.76. The Morgan fingerprint density at radius 2 is 2.39 bits per heavy atom. The highest BCUT2D eigenvalue weighted by molar-refractivity contribution is 5.92. The van der Waals surface area contributed by atoms with Crippen molar-refractivity contribution in [2.75, 3.05) is 30.3 Å². The molecule has 5 heteroatoms. The van der Waals surface area contributed by atoms with Crippen LogP contribution in [-0.2, 0) is 4.74 Å². The van der Waals surface area contributed by atoms with Crippen molar-refractivity contribution in [1.82, 2.24) is 0 Å². The molecule has 1 aliphatic rings. The molecular formula is C13H18N2O3. The number of aliphatic hydroxyl groups excluding tert-OH is 1. The van der Waals surface area contributed by atoms with E-state index < -0.39 is 0 Å². The first-order valence-corrected chi connectivity index (χ1v) is 6.11. The van der Waals surface area contributed by atoms with Gasteiger partial charge in [-0.2, -0.15) is 0 Å². The lowest BCUT2D eigenvalue weighted by molar-refractivity contribution is 0.0526. The smallest absolute Gasteiger partial charge is 0.338 e. The van der Waals surface area contributed by atoms with Crippen molar-refractivity contribution in [1.29, 1.82) is 0 Å². The number of nitrogens with zero attached hydrogens (tertiary/aromatic N) is 1. The van der Waals surface area contributed by atoms with Crippen molar-refractivity contribution in [2.24, 2.45) is 0 Å². The van der Waals surface area contributed by atoms with Crippen molar-refractivity contribution in [3.8, 4) is 0 Å². The summed E-state index contributed by atoms with van der Waals surface area (Å²) in [6.45, 7) is 3.48. The number of carbonyl (C=O) groups is 1. The van der Waals surface area contributed by atoms with Crippen LogP contribution in [0.25, 0.3) is 0 Å². The van der Waals surface area contributed by atoms with Crippen molar-refractivity contribution >= 4 is 17.3 Å². The molecule has 0 aromatic heterocycles. The third-order valence-electron chi connectivity index (χ3n) is 3.04. The highest BCUT2D eigenvalue weighted by Crippen LogP contribution is 2.27. The highest BCUT2D eigenvalue weighted by atomic mass is 16.5. The second kappa shape index (κ2) is 5.27. The van der Waals surface area contributed by atoms with E-state index in [-0.39, 0.29) is 12.1 Å². The Hall–Kier alpha value is -1.75. The van der Waals surface area contributed by atoms with Gasteiger partial charge in [0.1, 0.15) is 0 Å². The van der Waals surface area contributed by atoms with Gasteiger partial charge in [-0.15, -0.1) is 0 Å². The molecule has 2 rings (SSSR count). The van der Waals surface area contributed by atoms with Crippen LogP contribution in [0.4, 0.5) is 11.4 Å². The largest absolute Gasteiger partial charge is 0.462 e. The first-order chi connectivity index (χ1) is 8.61. The third kappa shape index (κ3) is 2.56. The van der Waals surface area contributed by atoms with Gasteiger partial charge in [0, 0.05) is 13.1 Å². The fourth-order valence-electron chi connectivity index (χ4n) is 2.14. The van der Waals surface area contributed by atoms with Crippen molar-refractivity contribution in [3.05, 3.63) is 23.8 Å². The van der Waals surface area contributed by atoms with E-state index in [9.17, 15) is 9.90 Å². The van der Waals surface area contributed by atoms with Gasteiger partial charge in [0.05, 0.1) is 29.6 Å². The normalized spacial score (nSPS) is 19.0. The van der Waals surface area contributed by atoms with Crippen LogP contribution in [0.2, 0.25) is 0 Å². The van der Waals surface area contributed by atoms with Gasteiger partial charge in [-0.1, -0.05) is 0 Å². The number of esters is 1. The van der Waals surface area contributed by atoms with Gasteiger partial charge in [-0.25, -0.2) is 4.79 Å². The zero-order chi connectivity index (χ0) is 13.1. The van der Waals surface area contributed by atoms with Gasteiger partial charge in [0.15, 0.2) is 0 Å². The molecule has 3 N–H and O–H groups in total. The highest BCUT2D eigenvalue weighted by Gasteiger charge is 2.22. The summed E-state index contributed by atoms with van der Waals surface area (Å²) < 4.78 is 4.92. The molecule has 1 heterocycles. The van der Waals surface area contributed by atoms with E-state index in [1.807, 2.05) is 4.90 Å². The van der Waals surface area contributed by atoms with Crippen LogP contribution in [0.3, 0.4) is 0 Å². The quantitative estimate of drug-likeness (QED) is 0.618. The number of rotatable bonds is 3. The Kier molecular flexibility index (Phi) is 3.72. The summed E-state index contributed by atoms with van der Waals surface area (Å²) in [5.41, 5.74) is 7.80. The molecule has 98 valence electrons. The molecule has 0 saturated carbocycles. The van der Waals surface area contributed by atoms with E-state index in [0.717, 1.165) is 18.7 Å². The molecule has 18 heavy (non-hydrogen) atoms. The van der Waals surface area contributed by atoms with Gasteiger partial charge < -0.3 is 20.5 Å². The number of hydrogen-bond acceptors (Lipinski definition) is 5. The standard InChI is InChI=1S/C13H18N2O3/c1-2-18-13(17)9-3-4-12(11(14)7-9)15-6-5-10(16)8-15/h3-4,7,10,16H,2,5-6,8,14H2,1H3. The second-order valence-electron chi connectivity index (χ2n) is 4.38. The molecule has 0 amide bonds. The number of anilines is 2. The summed E-state index contributed by atoms with van der Waals surface area (Å²) in [5, 5.41) is 9.51. The molecule has 1 unspecified atom stereocenters. The number of hydrogen-bond donors (Lipinski definition) is 2. The monoisotopic (exact) mass is 250 g/mol. The van der Waals surface area contributed by atoms with Crippen LogP contribution < -0.4 is 10.6 Å². The predicted molar refractivity (Wildman–Crippen MR) is 69.6 cm³/mol. The van der Waals surface area contributed by atoms with E-state index in [1.165, 1.54) is 0 Å². The molecule has 1 aromatic rings. The SMILES string of the molecule is CCOC(=O)c1ccc(N2CCC(O)C2)c(N)c1. The fraction of sp³-hybridized carbons (Fsp3) is 0.462. The number of ether oxygens (including phenoxy) is 1. The molecular weight excluding hydrogens is 232 g/mol. The van der Waals surface area contributed by atoms with Crippen molar-refractivity contribution in [3.63, 3.8) is 0 Å². The first-order valence-electron chi connectivity index (χ1n) is 6.11. The summed E-state index contributed by atoms with van der Waals surface area (Å²) in [6, 6.07) is 5.13. The number of benzene rings is 1. The summed E-state index contributed by atoms with van der Waals surface area (Å²) in [6.07, 6.45) is 0.452. The maximum absolute atomic E-state index is 11.6. The molecule has 0 aliphatic carbocycles. The lowest BCUT2D eigenvalue weighted by Gasteiger charge is -2.20. The summed E-state index contributed by atoms with van der Waals surface area (Å²) in [7, 11) is 0. The predicted octanol–water partition coefficient (Wildman–Crippen LogP) is 1.02. The minimum atomic E-state index is -0.364. The van der Waals surface area contributed by atoms with E-state index in [2.05, 4.69) is 0 Å². The summed E-state index contributed by atoms with van der Waals surface area (Å²) >= 11 is 0. The molecule has 0 spiro atoms. The van der Waals surface area contributed by atoms with E-state index >= 15 is 0 Å². The maximum Gasteiger partial charge on any atom is 0.338 e. The lowest BCUT2D eigenvalue weighted by atomic mass is 10.1. The van der Waals surface area contributed by atoms with Gasteiger partial charge in [0.25, 0.3) is 0 Å². The van der Waals surface area contributed by atoms with Crippen molar-refractivity contribution < 1.29 is 14.6 Å². The fourth-order valence-corrected chi connectivity index (χ4v) is 2.14. The second-order valence-corrected chi connectivity index (χ2v) is 4.38. The van der Waals surface area contributed by atoms with Gasteiger partial charge in [0.2, 0.25) is 0 Å². The summed E-state index contributed by atoms with van der Waals surface area (Å²) in [5.74, 6) is -0.364. The van der Waals surface area contributed by atoms with Gasteiger partial charge >= 0.3 is 5.97 Å². The number of carbonyl (C=O) groups excluding carboxylic acids is 1. The van der Waals surface area contributed by atoms with Crippen LogP contribution in [0.5, 0.6) is 0 Å².